The molecule has 0 aliphatic rings. The Hall–Kier alpha value is -2.05. The van der Waals surface area contributed by atoms with Crippen molar-refractivity contribution < 1.29 is 13.5 Å². The molecule has 0 fully saturated rings. The fourth-order valence-electron chi connectivity index (χ4n) is 1.53. The quantitative estimate of drug-likeness (QED) is 0.672. The molecule has 3 N–H and O–H groups in total. The van der Waals surface area contributed by atoms with Gasteiger partial charge in [0.15, 0.2) is 0 Å². The van der Waals surface area contributed by atoms with Gasteiger partial charge >= 0.3 is 0 Å². The Labute approximate surface area is 121 Å². The summed E-state index contributed by atoms with van der Waals surface area (Å²) in [7, 11) is -3.93. The van der Waals surface area contributed by atoms with Crippen molar-refractivity contribution in [3.05, 3.63) is 53.1 Å². The minimum absolute atomic E-state index is 0.0854. The first-order valence-electron chi connectivity index (χ1n) is 5.53. The van der Waals surface area contributed by atoms with E-state index in [9.17, 15) is 13.5 Å². The molecular formula is C13H11ClN2O3S. The number of hydrogen-bond donors (Lipinski definition) is 2. The van der Waals surface area contributed by atoms with Crippen molar-refractivity contribution in [1.82, 2.24) is 0 Å². The van der Waals surface area contributed by atoms with Crippen LogP contribution >= 0.6 is 11.6 Å². The third-order valence-corrected chi connectivity index (χ3v) is 4.06. The van der Waals surface area contributed by atoms with Crippen LogP contribution < -0.4 is 5.73 Å². The van der Waals surface area contributed by atoms with E-state index in [1.165, 1.54) is 30.3 Å². The molecule has 7 heteroatoms. The molecule has 0 amide bonds. The molecule has 0 saturated carbocycles. The van der Waals surface area contributed by atoms with Crippen molar-refractivity contribution in [1.29, 1.82) is 0 Å². The lowest BCUT2D eigenvalue weighted by molar-refractivity contribution is 0.474. The highest BCUT2D eigenvalue weighted by Gasteiger charge is 2.15. The molecule has 0 bridgehead atoms. The number of nitrogen functional groups attached to an aromatic ring is 1. The van der Waals surface area contributed by atoms with E-state index >= 15 is 0 Å². The van der Waals surface area contributed by atoms with Crippen LogP contribution in [0.5, 0.6) is 5.75 Å². The van der Waals surface area contributed by atoms with Crippen molar-refractivity contribution in [3.8, 4) is 5.75 Å². The summed E-state index contributed by atoms with van der Waals surface area (Å²) in [4.78, 5) is -0.0854. The van der Waals surface area contributed by atoms with E-state index in [2.05, 4.69) is 4.40 Å². The van der Waals surface area contributed by atoms with Gasteiger partial charge in [0.2, 0.25) is 0 Å². The van der Waals surface area contributed by atoms with Gasteiger partial charge in [0.05, 0.1) is 11.9 Å². The number of rotatable bonds is 3. The lowest BCUT2D eigenvalue weighted by Crippen LogP contribution is -2.02. The number of halogens is 1. The number of hydrogen-bond acceptors (Lipinski definition) is 4. The summed E-state index contributed by atoms with van der Waals surface area (Å²) in [6, 6.07) is 10.3. The number of anilines is 1. The molecule has 2 aromatic rings. The third-order valence-electron chi connectivity index (χ3n) is 2.52. The molecule has 2 aromatic carbocycles. The van der Waals surface area contributed by atoms with Crippen molar-refractivity contribution in [3.63, 3.8) is 0 Å². The zero-order chi connectivity index (χ0) is 14.8. The summed E-state index contributed by atoms with van der Waals surface area (Å²) in [5.41, 5.74) is 5.92. The van der Waals surface area contributed by atoms with E-state index in [0.29, 0.717) is 5.02 Å². The van der Waals surface area contributed by atoms with Crippen LogP contribution in [0.1, 0.15) is 5.56 Å². The predicted molar refractivity (Wildman–Crippen MR) is 78.8 cm³/mol. The van der Waals surface area contributed by atoms with Crippen LogP contribution in [0.3, 0.4) is 0 Å². The Morgan fingerprint density at radius 2 is 1.90 bits per heavy atom. The first-order valence-corrected chi connectivity index (χ1v) is 7.35. The highest BCUT2D eigenvalue weighted by Crippen LogP contribution is 2.22. The van der Waals surface area contributed by atoms with Gasteiger partial charge in [-0.1, -0.05) is 23.7 Å². The van der Waals surface area contributed by atoms with Gasteiger partial charge in [0.1, 0.15) is 10.6 Å². The maximum Gasteiger partial charge on any atom is 0.284 e. The molecule has 5 nitrogen and oxygen atoms in total. The second-order valence-electron chi connectivity index (χ2n) is 3.95. The average molecular weight is 311 g/mol. The van der Waals surface area contributed by atoms with Crippen LogP contribution in [0, 0.1) is 0 Å². The SMILES string of the molecule is Nc1ccccc1S(=O)(=O)/N=C/c1cc(Cl)ccc1O. The minimum Gasteiger partial charge on any atom is -0.507 e. The number of sulfonamides is 1. The number of aromatic hydroxyl groups is 1. The normalized spacial score (nSPS) is 11.8. The second kappa shape index (κ2) is 5.52. The Bertz CT molecular complexity index is 773. The number of phenols is 1. The van der Waals surface area contributed by atoms with Crippen LogP contribution in [0.25, 0.3) is 0 Å². The molecule has 0 aliphatic heterocycles. The zero-order valence-corrected chi connectivity index (χ0v) is 11.8. The van der Waals surface area contributed by atoms with E-state index in [1.54, 1.807) is 12.1 Å². The zero-order valence-electron chi connectivity index (χ0n) is 10.2. The number of benzene rings is 2. The summed E-state index contributed by atoms with van der Waals surface area (Å²) in [5, 5.41) is 9.95. The van der Waals surface area contributed by atoms with E-state index in [0.717, 1.165) is 6.21 Å². The number of nitrogens with two attached hydrogens (primary N) is 1. The molecule has 0 spiro atoms. The van der Waals surface area contributed by atoms with E-state index in [4.69, 9.17) is 17.3 Å². The summed E-state index contributed by atoms with van der Waals surface area (Å²) in [6.45, 7) is 0. The summed E-state index contributed by atoms with van der Waals surface area (Å²) >= 11 is 5.77. The van der Waals surface area contributed by atoms with Crippen molar-refractivity contribution in [2.45, 2.75) is 4.90 Å². The number of nitrogens with zero attached hydrogens (tertiary/aromatic N) is 1. The summed E-state index contributed by atoms with van der Waals surface area (Å²) < 4.78 is 27.6. The third kappa shape index (κ3) is 3.09. The van der Waals surface area contributed by atoms with E-state index in [1.807, 2.05) is 0 Å². The van der Waals surface area contributed by atoms with Gasteiger partial charge in [-0.05, 0) is 30.3 Å². The maximum atomic E-state index is 12.0. The van der Waals surface area contributed by atoms with Crippen LogP contribution in [0.2, 0.25) is 5.02 Å². The Morgan fingerprint density at radius 1 is 1.20 bits per heavy atom. The summed E-state index contributed by atoms with van der Waals surface area (Å²) in [5.74, 6) is -0.116. The Morgan fingerprint density at radius 3 is 2.60 bits per heavy atom. The van der Waals surface area contributed by atoms with Gasteiger partial charge in [-0.3, -0.25) is 0 Å². The van der Waals surface area contributed by atoms with Gasteiger partial charge in [0.25, 0.3) is 10.0 Å². The van der Waals surface area contributed by atoms with Gasteiger partial charge < -0.3 is 10.8 Å². The first-order chi connectivity index (χ1) is 9.40. The van der Waals surface area contributed by atoms with Crippen LogP contribution in [-0.2, 0) is 10.0 Å². The van der Waals surface area contributed by atoms with E-state index < -0.39 is 10.0 Å². The lowest BCUT2D eigenvalue weighted by Gasteiger charge is -2.03. The fraction of sp³-hybridized carbons (Fsp3) is 0. The van der Waals surface area contributed by atoms with Gasteiger partial charge in [-0.25, -0.2) is 0 Å². The monoisotopic (exact) mass is 310 g/mol. The maximum absolute atomic E-state index is 12.0. The molecule has 0 saturated heterocycles. The van der Waals surface area contributed by atoms with Crippen molar-refractivity contribution in [2.75, 3.05) is 5.73 Å². The Balaban J connectivity index is 2.40. The topological polar surface area (TPSA) is 92.8 Å². The molecular weight excluding hydrogens is 300 g/mol. The summed E-state index contributed by atoms with van der Waals surface area (Å²) in [6.07, 6.45) is 1.03. The molecule has 20 heavy (non-hydrogen) atoms. The number of para-hydroxylation sites is 1. The molecule has 0 atom stereocenters. The van der Waals surface area contributed by atoms with Gasteiger partial charge in [-0.15, -0.1) is 0 Å². The fourth-order valence-corrected chi connectivity index (χ4v) is 2.69. The molecule has 0 radical (unpaired) electrons. The molecule has 0 aromatic heterocycles. The highest BCUT2D eigenvalue weighted by molar-refractivity contribution is 7.90. The average Bonchev–Trinajstić information content (AvgIpc) is 2.40. The highest BCUT2D eigenvalue weighted by atomic mass is 35.5. The predicted octanol–water partition coefficient (Wildman–Crippen LogP) is 2.44. The molecule has 104 valence electrons. The Kier molecular flexibility index (Phi) is 3.96. The first kappa shape index (κ1) is 14.4. The standard InChI is InChI=1S/C13H11ClN2O3S/c14-10-5-6-12(17)9(7-10)8-16-20(18,19)13-4-2-1-3-11(13)15/h1-8,17H,15H2/b16-8+. The van der Waals surface area contributed by atoms with Gasteiger partial charge in [0, 0.05) is 10.6 Å². The second-order valence-corrected chi connectivity index (χ2v) is 5.99. The van der Waals surface area contributed by atoms with Crippen molar-refractivity contribution in [2.24, 2.45) is 4.40 Å². The molecule has 0 unspecified atom stereocenters. The smallest absolute Gasteiger partial charge is 0.284 e. The molecule has 2 rings (SSSR count). The van der Waals surface area contributed by atoms with Crippen molar-refractivity contribution >= 4 is 33.5 Å². The van der Waals surface area contributed by atoms with Gasteiger partial charge in [-0.2, -0.15) is 12.8 Å². The van der Waals surface area contributed by atoms with Crippen LogP contribution in [0.15, 0.2) is 51.8 Å². The largest absolute Gasteiger partial charge is 0.507 e. The lowest BCUT2D eigenvalue weighted by atomic mass is 10.2. The van der Waals surface area contributed by atoms with Crippen LogP contribution in [-0.4, -0.2) is 19.7 Å². The molecule has 0 aliphatic carbocycles. The number of phenolic OH excluding ortho intramolecular Hbond substituents is 1. The molecule has 0 heterocycles. The van der Waals surface area contributed by atoms with E-state index in [-0.39, 0.29) is 21.9 Å². The van der Waals surface area contributed by atoms with Crippen LogP contribution in [0.4, 0.5) is 5.69 Å². The minimum atomic E-state index is -3.93.